The van der Waals surface area contributed by atoms with Crippen LogP contribution in [-0.2, 0) is 4.74 Å². The summed E-state index contributed by atoms with van der Waals surface area (Å²) in [5.41, 5.74) is 7.90. The van der Waals surface area contributed by atoms with Gasteiger partial charge in [-0.05, 0) is 50.2 Å². The summed E-state index contributed by atoms with van der Waals surface area (Å²) in [6.45, 7) is 7.43. The number of aryl methyl sites for hydroxylation is 2. The summed E-state index contributed by atoms with van der Waals surface area (Å²) in [6.07, 6.45) is 3.78. The molecule has 6 rings (SSSR count). The quantitative estimate of drug-likeness (QED) is 0.430. The van der Waals surface area contributed by atoms with E-state index >= 15 is 0 Å². The maximum atomic E-state index is 5.46. The molecule has 0 saturated carbocycles. The fraction of sp³-hybridized carbons (Fsp3) is 0.240. The van der Waals surface area contributed by atoms with Gasteiger partial charge in [0.1, 0.15) is 5.82 Å². The van der Waals surface area contributed by atoms with E-state index in [2.05, 4.69) is 72.9 Å². The number of nitrogens with one attached hydrogen (secondary N) is 2. The molecule has 5 aromatic rings. The third-order valence-corrected chi connectivity index (χ3v) is 6.16. The van der Waals surface area contributed by atoms with Gasteiger partial charge >= 0.3 is 0 Å². The molecule has 0 radical (unpaired) electrons. The highest BCUT2D eigenvalue weighted by atomic mass is 16.5. The lowest BCUT2D eigenvalue weighted by Gasteiger charge is -2.28. The maximum Gasteiger partial charge on any atom is 0.180 e. The van der Waals surface area contributed by atoms with Crippen molar-refractivity contribution in [3.05, 3.63) is 66.4 Å². The molecule has 1 fully saturated rings. The van der Waals surface area contributed by atoms with E-state index in [4.69, 9.17) is 9.72 Å². The smallest absolute Gasteiger partial charge is 0.180 e. The summed E-state index contributed by atoms with van der Waals surface area (Å²) in [5, 5.41) is 3.48. The average Bonchev–Trinajstić information content (AvgIpc) is 3.48. The van der Waals surface area contributed by atoms with E-state index in [1.807, 2.05) is 25.4 Å². The van der Waals surface area contributed by atoms with Crippen molar-refractivity contribution in [1.82, 2.24) is 24.3 Å². The molecule has 2 aromatic carbocycles. The number of hydrogen-bond donors (Lipinski definition) is 2. The third-order valence-electron chi connectivity index (χ3n) is 6.16. The first-order valence-corrected chi connectivity index (χ1v) is 11.2. The molecule has 0 unspecified atom stereocenters. The van der Waals surface area contributed by atoms with Gasteiger partial charge in [0.25, 0.3) is 0 Å². The van der Waals surface area contributed by atoms with Gasteiger partial charge in [-0.2, -0.15) is 0 Å². The minimum absolute atomic E-state index is 0.723. The van der Waals surface area contributed by atoms with E-state index in [0.29, 0.717) is 0 Å². The van der Waals surface area contributed by atoms with E-state index in [1.165, 1.54) is 5.69 Å². The number of H-pyrrole nitrogens is 1. The number of rotatable bonds is 4. The Labute approximate surface area is 191 Å². The molecule has 8 heteroatoms. The van der Waals surface area contributed by atoms with Crippen molar-refractivity contribution in [3.8, 4) is 11.3 Å². The van der Waals surface area contributed by atoms with E-state index in [-0.39, 0.29) is 0 Å². The lowest BCUT2D eigenvalue weighted by molar-refractivity contribution is 0.122. The number of fused-ring (bicyclic) bond motifs is 2. The molecule has 3 aromatic heterocycles. The molecule has 1 aliphatic rings. The van der Waals surface area contributed by atoms with Crippen LogP contribution < -0.4 is 10.2 Å². The molecule has 1 aliphatic heterocycles. The Bertz CT molecular complexity index is 1450. The van der Waals surface area contributed by atoms with Crippen molar-refractivity contribution < 1.29 is 4.74 Å². The van der Waals surface area contributed by atoms with Gasteiger partial charge in [0, 0.05) is 48.1 Å². The Morgan fingerprint density at radius 1 is 1.00 bits per heavy atom. The summed E-state index contributed by atoms with van der Waals surface area (Å²) in [5.74, 6) is 1.63. The van der Waals surface area contributed by atoms with Gasteiger partial charge < -0.3 is 19.9 Å². The standard InChI is InChI=1S/C25H25N7O/c1-16-23(18-3-8-21-22(15-18)28-17(2)27-21)30-24(25-26-9-10-32(16)25)29-19-4-6-20(7-5-19)31-11-13-33-14-12-31/h3-10,15H,11-14H2,1-2H3,(H,27,28)(H,29,30). The highest BCUT2D eigenvalue weighted by Crippen LogP contribution is 2.30. The molecule has 166 valence electrons. The van der Waals surface area contributed by atoms with Crippen LogP contribution in [0.4, 0.5) is 17.2 Å². The first kappa shape index (κ1) is 19.8. The highest BCUT2D eigenvalue weighted by molar-refractivity contribution is 5.83. The Kier molecular flexibility index (Phi) is 4.73. The van der Waals surface area contributed by atoms with Crippen LogP contribution in [0.3, 0.4) is 0 Å². The van der Waals surface area contributed by atoms with Gasteiger partial charge in [0.2, 0.25) is 0 Å². The van der Waals surface area contributed by atoms with Gasteiger partial charge in [-0.1, -0.05) is 6.07 Å². The fourth-order valence-electron chi connectivity index (χ4n) is 4.46. The molecule has 2 N–H and O–H groups in total. The van der Waals surface area contributed by atoms with Gasteiger partial charge in [-0.3, -0.25) is 4.40 Å². The number of aromatic amines is 1. The highest BCUT2D eigenvalue weighted by Gasteiger charge is 2.16. The number of nitrogens with zero attached hydrogens (tertiary/aromatic N) is 5. The molecule has 4 heterocycles. The predicted octanol–water partition coefficient (Wildman–Crippen LogP) is 4.47. The molecule has 0 aliphatic carbocycles. The van der Waals surface area contributed by atoms with Gasteiger partial charge in [-0.15, -0.1) is 0 Å². The monoisotopic (exact) mass is 439 g/mol. The predicted molar refractivity (Wildman–Crippen MR) is 130 cm³/mol. The van der Waals surface area contributed by atoms with E-state index < -0.39 is 0 Å². The Morgan fingerprint density at radius 3 is 2.64 bits per heavy atom. The molecular formula is C25H25N7O. The first-order chi connectivity index (χ1) is 16.2. The second kappa shape index (κ2) is 7.90. The van der Waals surface area contributed by atoms with Crippen molar-refractivity contribution in [1.29, 1.82) is 0 Å². The zero-order chi connectivity index (χ0) is 22.4. The summed E-state index contributed by atoms with van der Waals surface area (Å²) >= 11 is 0. The minimum Gasteiger partial charge on any atom is -0.378 e. The Hall–Kier alpha value is -3.91. The molecule has 0 bridgehead atoms. The number of aromatic nitrogens is 5. The van der Waals surface area contributed by atoms with Crippen molar-refractivity contribution >= 4 is 33.9 Å². The zero-order valence-electron chi connectivity index (χ0n) is 18.7. The van der Waals surface area contributed by atoms with Crippen molar-refractivity contribution in [2.24, 2.45) is 0 Å². The number of benzene rings is 2. The summed E-state index contributed by atoms with van der Waals surface area (Å²) in [4.78, 5) is 19.7. The zero-order valence-corrected chi connectivity index (χ0v) is 18.7. The number of hydrogen-bond acceptors (Lipinski definition) is 6. The van der Waals surface area contributed by atoms with Crippen LogP contribution in [0.2, 0.25) is 0 Å². The lowest BCUT2D eigenvalue weighted by atomic mass is 10.1. The van der Waals surface area contributed by atoms with Gasteiger partial charge in [-0.25, -0.2) is 15.0 Å². The van der Waals surface area contributed by atoms with Crippen LogP contribution in [-0.4, -0.2) is 50.6 Å². The number of ether oxygens (including phenoxy) is 1. The minimum atomic E-state index is 0.723. The Balaban J connectivity index is 1.37. The van der Waals surface area contributed by atoms with Crippen LogP contribution in [0.1, 0.15) is 11.5 Å². The average molecular weight is 440 g/mol. The maximum absolute atomic E-state index is 5.46. The molecular weight excluding hydrogens is 414 g/mol. The summed E-state index contributed by atoms with van der Waals surface area (Å²) < 4.78 is 7.54. The third kappa shape index (κ3) is 3.58. The van der Waals surface area contributed by atoms with Crippen LogP contribution in [0.5, 0.6) is 0 Å². The number of anilines is 3. The molecule has 0 amide bonds. The van der Waals surface area contributed by atoms with E-state index in [0.717, 1.165) is 77.3 Å². The molecule has 1 saturated heterocycles. The summed E-state index contributed by atoms with van der Waals surface area (Å²) in [7, 11) is 0. The number of imidazole rings is 2. The fourth-order valence-corrected chi connectivity index (χ4v) is 4.46. The van der Waals surface area contributed by atoms with Crippen molar-refractivity contribution in [2.45, 2.75) is 13.8 Å². The molecule has 33 heavy (non-hydrogen) atoms. The summed E-state index contributed by atoms with van der Waals surface area (Å²) in [6, 6.07) is 14.7. The SMILES string of the molecule is Cc1nc2ccc(-c3nc(Nc4ccc(N5CCOCC5)cc4)c4nccn4c3C)cc2[nH]1. The lowest BCUT2D eigenvalue weighted by Crippen LogP contribution is -2.36. The second-order valence-corrected chi connectivity index (χ2v) is 8.34. The van der Waals surface area contributed by atoms with Crippen LogP contribution >= 0.6 is 0 Å². The first-order valence-electron chi connectivity index (χ1n) is 11.2. The number of morpholine rings is 1. The van der Waals surface area contributed by atoms with Gasteiger partial charge in [0.05, 0.1) is 29.9 Å². The van der Waals surface area contributed by atoms with Crippen molar-refractivity contribution in [2.75, 3.05) is 36.5 Å². The van der Waals surface area contributed by atoms with Crippen LogP contribution in [0.25, 0.3) is 27.9 Å². The molecule has 8 nitrogen and oxygen atoms in total. The van der Waals surface area contributed by atoms with Crippen LogP contribution in [0, 0.1) is 13.8 Å². The van der Waals surface area contributed by atoms with E-state index in [9.17, 15) is 0 Å². The Morgan fingerprint density at radius 2 is 1.82 bits per heavy atom. The van der Waals surface area contributed by atoms with E-state index in [1.54, 1.807) is 0 Å². The largest absolute Gasteiger partial charge is 0.378 e. The van der Waals surface area contributed by atoms with Gasteiger partial charge in [0.15, 0.2) is 11.5 Å². The topological polar surface area (TPSA) is 83.4 Å². The van der Waals surface area contributed by atoms with Crippen LogP contribution in [0.15, 0.2) is 54.9 Å². The molecule has 0 spiro atoms. The van der Waals surface area contributed by atoms with Crippen molar-refractivity contribution in [3.63, 3.8) is 0 Å². The molecule has 0 atom stereocenters. The normalized spacial score (nSPS) is 14.3. The second-order valence-electron chi connectivity index (χ2n) is 8.34.